The fourth-order valence-corrected chi connectivity index (χ4v) is 2.25. The summed E-state index contributed by atoms with van der Waals surface area (Å²) in [5.41, 5.74) is 3.48. The molecule has 0 aliphatic carbocycles. The zero-order valence-corrected chi connectivity index (χ0v) is 11.1. The summed E-state index contributed by atoms with van der Waals surface area (Å²) in [5, 5.41) is 3.57. The van der Waals surface area contributed by atoms with Crippen molar-refractivity contribution in [3.05, 3.63) is 96.3 Å². The fraction of sp³-hybridized carbons (Fsp3) is 0.0556. The molecule has 1 unspecified atom stereocenters. The van der Waals surface area contributed by atoms with Gasteiger partial charge in [0, 0.05) is 18.1 Å². The molecule has 2 heteroatoms. The number of rotatable bonds is 4. The SMILES string of the molecule is c1ccc(NC(c2ccccc2)c2cccnc2)cc1. The van der Waals surface area contributed by atoms with Crippen LogP contribution < -0.4 is 5.32 Å². The first kappa shape index (κ1) is 12.4. The van der Waals surface area contributed by atoms with Crippen molar-refractivity contribution in [2.75, 3.05) is 5.32 Å². The Balaban J connectivity index is 1.96. The Labute approximate surface area is 119 Å². The molecule has 0 radical (unpaired) electrons. The van der Waals surface area contributed by atoms with Crippen molar-refractivity contribution in [1.29, 1.82) is 0 Å². The van der Waals surface area contributed by atoms with Crippen LogP contribution in [-0.4, -0.2) is 4.98 Å². The van der Waals surface area contributed by atoms with Crippen molar-refractivity contribution in [2.24, 2.45) is 0 Å². The van der Waals surface area contributed by atoms with Crippen molar-refractivity contribution in [1.82, 2.24) is 4.98 Å². The number of para-hydroxylation sites is 1. The van der Waals surface area contributed by atoms with Crippen LogP contribution in [0.2, 0.25) is 0 Å². The van der Waals surface area contributed by atoms with E-state index >= 15 is 0 Å². The molecule has 2 nitrogen and oxygen atoms in total. The molecule has 3 rings (SSSR count). The highest BCUT2D eigenvalue weighted by atomic mass is 14.9. The highest BCUT2D eigenvalue weighted by molar-refractivity contribution is 5.48. The Morgan fingerprint density at radius 2 is 1.35 bits per heavy atom. The smallest absolute Gasteiger partial charge is 0.0782 e. The van der Waals surface area contributed by atoms with Crippen LogP contribution in [0.25, 0.3) is 0 Å². The van der Waals surface area contributed by atoms with Gasteiger partial charge in [0.05, 0.1) is 6.04 Å². The molecule has 1 N–H and O–H groups in total. The molecular weight excluding hydrogens is 244 g/mol. The molecule has 0 amide bonds. The van der Waals surface area contributed by atoms with E-state index in [9.17, 15) is 0 Å². The molecule has 2 aromatic carbocycles. The third-order valence-corrected chi connectivity index (χ3v) is 3.24. The topological polar surface area (TPSA) is 24.9 Å². The van der Waals surface area contributed by atoms with E-state index in [1.807, 2.05) is 36.5 Å². The average molecular weight is 260 g/mol. The predicted octanol–water partition coefficient (Wildman–Crippen LogP) is 4.28. The van der Waals surface area contributed by atoms with Gasteiger partial charge in [-0.1, -0.05) is 54.6 Å². The third-order valence-electron chi connectivity index (χ3n) is 3.24. The number of aromatic nitrogens is 1. The molecule has 0 aliphatic rings. The van der Waals surface area contributed by atoms with E-state index < -0.39 is 0 Å². The fourth-order valence-electron chi connectivity index (χ4n) is 2.25. The van der Waals surface area contributed by atoms with Gasteiger partial charge in [0.1, 0.15) is 0 Å². The summed E-state index contributed by atoms with van der Waals surface area (Å²) in [6.07, 6.45) is 3.71. The highest BCUT2D eigenvalue weighted by Crippen LogP contribution is 2.25. The first-order valence-electron chi connectivity index (χ1n) is 6.70. The van der Waals surface area contributed by atoms with E-state index in [4.69, 9.17) is 0 Å². The standard InChI is InChI=1S/C18H16N2/c1-3-8-15(9-4-1)18(16-10-7-13-19-14-16)20-17-11-5-2-6-12-17/h1-14,18,20H. The molecule has 0 bridgehead atoms. The first-order chi connectivity index (χ1) is 9.93. The predicted molar refractivity (Wildman–Crippen MR) is 82.6 cm³/mol. The molecule has 98 valence electrons. The normalized spacial score (nSPS) is 11.8. The minimum Gasteiger partial charge on any atom is -0.374 e. The maximum atomic E-state index is 4.23. The second-order valence-corrected chi connectivity index (χ2v) is 4.64. The van der Waals surface area contributed by atoms with Crippen molar-refractivity contribution < 1.29 is 0 Å². The lowest BCUT2D eigenvalue weighted by atomic mass is 10.00. The van der Waals surface area contributed by atoms with E-state index in [1.165, 1.54) is 5.56 Å². The molecule has 0 aliphatic heterocycles. The second-order valence-electron chi connectivity index (χ2n) is 4.64. The molecule has 1 aromatic heterocycles. The number of benzene rings is 2. The lowest BCUT2D eigenvalue weighted by Gasteiger charge is -2.20. The van der Waals surface area contributed by atoms with Gasteiger partial charge in [-0.15, -0.1) is 0 Å². The molecule has 1 heterocycles. The summed E-state index contributed by atoms with van der Waals surface area (Å²) in [4.78, 5) is 4.23. The van der Waals surface area contributed by atoms with Gasteiger partial charge in [-0.3, -0.25) is 4.98 Å². The van der Waals surface area contributed by atoms with Crippen LogP contribution in [0, 0.1) is 0 Å². The van der Waals surface area contributed by atoms with Gasteiger partial charge in [0.2, 0.25) is 0 Å². The minimum absolute atomic E-state index is 0.104. The molecule has 3 aromatic rings. The quantitative estimate of drug-likeness (QED) is 0.757. The van der Waals surface area contributed by atoms with Crippen LogP contribution >= 0.6 is 0 Å². The number of nitrogens with zero attached hydrogens (tertiary/aromatic N) is 1. The first-order valence-corrected chi connectivity index (χ1v) is 6.70. The Morgan fingerprint density at radius 3 is 2.00 bits per heavy atom. The summed E-state index contributed by atoms with van der Waals surface area (Å²) in [6, 6.07) is 24.8. The number of pyridine rings is 1. The van der Waals surface area contributed by atoms with Gasteiger partial charge >= 0.3 is 0 Å². The summed E-state index contributed by atoms with van der Waals surface area (Å²) in [5.74, 6) is 0. The number of nitrogens with one attached hydrogen (secondary N) is 1. The van der Waals surface area contributed by atoms with Crippen LogP contribution in [0.15, 0.2) is 85.2 Å². The van der Waals surface area contributed by atoms with E-state index in [1.54, 1.807) is 6.20 Å². The highest BCUT2D eigenvalue weighted by Gasteiger charge is 2.13. The van der Waals surface area contributed by atoms with Crippen molar-refractivity contribution in [3.8, 4) is 0 Å². The van der Waals surface area contributed by atoms with E-state index in [-0.39, 0.29) is 6.04 Å². The average Bonchev–Trinajstić information content (AvgIpc) is 2.55. The number of hydrogen-bond donors (Lipinski definition) is 1. The van der Waals surface area contributed by atoms with Crippen LogP contribution in [-0.2, 0) is 0 Å². The Hall–Kier alpha value is -2.61. The zero-order valence-electron chi connectivity index (χ0n) is 11.1. The molecular formula is C18H16N2. The maximum absolute atomic E-state index is 4.23. The molecule has 20 heavy (non-hydrogen) atoms. The molecule has 0 saturated carbocycles. The Kier molecular flexibility index (Phi) is 3.74. The summed E-state index contributed by atoms with van der Waals surface area (Å²) < 4.78 is 0. The lowest BCUT2D eigenvalue weighted by molar-refractivity contribution is 0.928. The largest absolute Gasteiger partial charge is 0.374 e. The lowest BCUT2D eigenvalue weighted by Crippen LogP contribution is -2.12. The Morgan fingerprint density at radius 1 is 0.700 bits per heavy atom. The third kappa shape index (κ3) is 2.86. The maximum Gasteiger partial charge on any atom is 0.0782 e. The van der Waals surface area contributed by atoms with Gasteiger partial charge in [-0.05, 0) is 29.3 Å². The number of hydrogen-bond acceptors (Lipinski definition) is 2. The van der Waals surface area contributed by atoms with E-state index in [2.05, 4.69) is 52.8 Å². The van der Waals surface area contributed by atoms with Crippen LogP contribution in [0.4, 0.5) is 5.69 Å². The minimum atomic E-state index is 0.104. The van der Waals surface area contributed by atoms with Crippen molar-refractivity contribution in [2.45, 2.75) is 6.04 Å². The second kappa shape index (κ2) is 6.02. The van der Waals surface area contributed by atoms with Gasteiger partial charge in [0.25, 0.3) is 0 Å². The Bertz CT molecular complexity index is 597. The van der Waals surface area contributed by atoms with Crippen molar-refractivity contribution in [3.63, 3.8) is 0 Å². The van der Waals surface area contributed by atoms with Crippen LogP contribution in [0.1, 0.15) is 17.2 Å². The van der Waals surface area contributed by atoms with Crippen LogP contribution in [0.3, 0.4) is 0 Å². The molecule has 0 spiro atoms. The van der Waals surface area contributed by atoms with Gasteiger partial charge < -0.3 is 5.32 Å². The number of anilines is 1. The van der Waals surface area contributed by atoms with Crippen LogP contribution in [0.5, 0.6) is 0 Å². The monoisotopic (exact) mass is 260 g/mol. The van der Waals surface area contributed by atoms with Gasteiger partial charge in [-0.25, -0.2) is 0 Å². The van der Waals surface area contributed by atoms with E-state index in [0.29, 0.717) is 0 Å². The summed E-state index contributed by atoms with van der Waals surface area (Å²) in [7, 11) is 0. The molecule has 1 atom stereocenters. The molecule has 0 saturated heterocycles. The van der Waals surface area contributed by atoms with Gasteiger partial charge in [-0.2, -0.15) is 0 Å². The summed E-state index contributed by atoms with van der Waals surface area (Å²) >= 11 is 0. The molecule has 0 fully saturated rings. The summed E-state index contributed by atoms with van der Waals surface area (Å²) in [6.45, 7) is 0. The zero-order chi connectivity index (χ0) is 13.6. The van der Waals surface area contributed by atoms with E-state index in [0.717, 1.165) is 11.3 Å². The van der Waals surface area contributed by atoms with Crippen molar-refractivity contribution >= 4 is 5.69 Å². The van der Waals surface area contributed by atoms with Gasteiger partial charge in [0.15, 0.2) is 0 Å².